The average molecular weight is 259 g/mol. The van der Waals surface area contributed by atoms with E-state index in [-0.39, 0.29) is 18.7 Å². The molecule has 3 N–H and O–H groups in total. The summed E-state index contributed by atoms with van der Waals surface area (Å²) in [6.45, 7) is 3.00. The Hall–Kier alpha value is -1.69. The Kier molecular flexibility index (Phi) is 4.24. The molecule has 0 saturated heterocycles. The molecule has 0 aliphatic rings. The topological polar surface area (TPSA) is 72.5 Å². The number of nitrogens with two attached hydrogens (primary N) is 1. The van der Waals surface area contributed by atoms with E-state index >= 15 is 0 Å². The Bertz CT molecular complexity index is 455. The second-order valence-corrected chi connectivity index (χ2v) is 4.55. The van der Waals surface area contributed by atoms with Crippen molar-refractivity contribution in [3.63, 3.8) is 0 Å². The molecule has 100 valence electrons. The van der Waals surface area contributed by atoms with Gasteiger partial charge >= 0.3 is 5.97 Å². The molecule has 4 nitrogen and oxygen atoms in total. The molecule has 1 aromatic rings. The van der Waals surface area contributed by atoms with Crippen molar-refractivity contribution in [2.75, 3.05) is 12.3 Å². The van der Waals surface area contributed by atoms with Gasteiger partial charge in [0.2, 0.25) is 0 Å². The fraction of sp³-hybridized carbons (Fsp3) is 0.417. The van der Waals surface area contributed by atoms with Gasteiger partial charge in [0.15, 0.2) is 0 Å². The molecule has 0 atom stereocenters. The highest BCUT2D eigenvalue weighted by Gasteiger charge is 2.18. The third-order valence-electron chi connectivity index (χ3n) is 2.25. The molecule has 0 saturated carbocycles. The van der Waals surface area contributed by atoms with Gasteiger partial charge in [-0.15, -0.1) is 0 Å². The number of ether oxygens (including phenoxy) is 1. The highest BCUT2D eigenvalue weighted by atomic mass is 19.1. The fourth-order valence-corrected chi connectivity index (χ4v) is 1.19. The number of rotatable bonds is 4. The van der Waals surface area contributed by atoms with Gasteiger partial charge in [-0.3, -0.25) is 0 Å². The number of carbonyl (C=O) groups excluding carboxylic acids is 1. The highest BCUT2D eigenvalue weighted by Crippen LogP contribution is 2.17. The summed E-state index contributed by atoms with van der Waals surface area (Å²) in [6, 6.07) is 1.42. The van der Waals surface area contributed by atoms with Crippen LogP contribution in [0.1, 0.15) is 30.6 Å². The smallest absolute Gasteiger partial charge is 0.341 e. The molecular formula is C12H15F2NO3. The van der Waals surface area contributed by atoms with Crippen LogP contribution >= 0.6 is 0 Å². The minimum Gasteiger partial charge on any atom is -0.462 e. The van der Waals surface area contributed by atoms with Gasteiger partial charge in [-0.2, -0.15) is 0 Å². The number of hydrogen-bond acceptors (Lipinski definition) is 4. The molecule has 0 aliphatic carbocycles. The van der Waals surface area contributed by atoms with Crippen LogP contribution in [0, 0.1) is 11.6 Å². The second-order valence-electron chi connectivity index (χ2n) is 4.55. The summed E-state index contributed by atoms with van der Waals surface area (Å²) in [5.41, 5.74) is 3.26. The molecule has 0 aromatic heterocycles. The van der Waals surface area contributed by atoms with E-state index in [9.17, 15) is 18.7 Å². The standard InChI is InChI=1S/C12H15F2NO3/c1-12(2,17)3-4-18-11(16)7-5-9(14)10(15)6-8(7)13/h5-6,17H,3-4,15H2,1-2H3. The number of hydrogen-bond donors (Lipinski definition) is 2. The van der Waals surface area contributed by atoms with E-state index in [4.69, 9.17) is 10.5 Å². The van der Waals surface area contributed by atoms with E-state index in [2.05, 4.69) is 0 Å². The van der Waals surface area contributed by atoms with Gasteiger partial charge in [-0.25, -0.2) is 13.6 Å². The molecule has 1 aromatic carbocycles. The normalized spacial score (nSPS) is 11.4. The van der Waals surface area contributed by atoms with Gasteiger partial charge < -0.3 is 15.6 Å². The number of esters is 1. The Morgan fingerprint density at radius 1 is 1.39 bits per heavy atom. The van der Waals surface area contributed by atoms with Crippen molar-refractivity contribution in [3.8, 4) is 0 Å². The molecular weight excluding hydrogens is 244 g/mol. The molecule has 18 heavy (non-hydrogen) atoms. The Morgan fingerprint density at radius 2 is 2.00 bits per heavy atom. The molecule has 0 amide bonds. The van der Waals surface area contributed by atoms with Crippen LogP contribution in [0.15, 0.2) is 12.1 Å². The molecule has 6 heteroatoms. The first-order chi connectivity index (χ1) is 8.20. The minimum absolute atomic E-state index is 0.0895. The number of benzene rings is 1. The van der Waals surface area contributed by atoms with Crippen LogP contribution in [0.3, 0.4) is 0 Å². The minimum atomic E-state index is -0.995. The van der Waals surface area contributed by atoms with Crippen molar-refractivity contribution in [1.29, 1.82) is 0 Å². The van der Waals surface area contributed by atoms with Gasteiger partial charge in [-0.05, 0) is 19.9 Å². The second kappa shape index (κ2) is 5.30. The molecule has 0 heterocycles. The lowest BCUT2D eigenvalue weighted by Gasteiger charge is -2.16. The van der Waals surface area contributed by atoms with E-state index in [1.807, 2.05) is 0 Å². The summed E-state index contributed by atoms with van der Waals surface area (Å²) >= 11 is 0. The molecule has 1 rings (SSSR count). The number of carbonyl (C=O) groups is 1. The average Bonchev–Trinajstić information content (AvgIpc) is 2.21. The van der Waals surface area contributed by atoms with Crippen LogP contribution in [-0.4, -0.2) is 23.3 Å². The molecule has 0 fully saturated rings. The molecule has 0 bridgehead atoms. The van der Waals surface area contributed by atoms with Crippen molar-refractivity contribution in [2.45, 2.75) is 25.9 Å². The van der Waals surface area contributed by atoms with Crippen molar-refractivity contribution < 1.29 is 23.4 Å². The van der Waals surface area contributed by atoms with Crippen LogP contribution in [0.25, 0.3) is 0 Å². The van der Waals surface area contributed by atoms with Crippen molar-refractivity contribution in [2.24, 2.45) is 0 Å². The number of anilines is 1. The van der Waals surface area contributed by atoms with Gasteiger partial charge in [0, 0.05) is 12.5 Å². The van der Waals surface area contributed by atoms with Crippen molar-refractivity contribution in [3.05, 3.63) is 29.3 Å². The van der Waals surface area contributed by atoms with Gasteiger partial charge in [0.05, 0.1) is 23.5 Å². The van der Waals surface area contributed by atoms with Crippen molar-refractivity contribution in [1.82, 2.24) is 0 Å². The zero-order chi connectivity index (χ0) is 13.9. The quantitative estimate of drug-likeness (QED) is 0.639. The first-order valence-electron chi connectivity index (χ1n) is 5.35. The zero-order valence-electron chi connectivity index (χ0n) is 10.2. The van der Waals surface area contributed by atoms with Crippen molar-refractivity contribution >= 4 is 11.7 Å². The maximum atomic E-state index is 13.3. The maximum absolute atomic E-state index is 13.3. The lowest BCUT2D eigenvalue weighted by molar-refractivity contribution is 0.0241. The van der Waals surface area contributed by atoms with E-state index in [0.29, 0.717) is 6.07 Å². The zero-order valence-corrected chi connectivity index (χ0v) is 10.2. The third kappa shape index (κ3) is 3.96. The lowest BCUT2D eigenvalue weighted by atomic mass is 10.1. The monoisotopic (exact) mass is 259 g/mol. The highest BCUT2D eigenvalue weighted by molar-refractivity contribution is 5.90. The van der Waals surface area contributed by atoms with Gasteiger partial charge in [-0.1, -0.05) is 0 Å². The summed E-state index contributed by atoms with van der Waals surface area (Å²) < 4.78 is 31.2. The SMILES string of the molecule is CC(C)(O)CCOC(=O)c1cc(F)c(N)cc1F. The van der Waals surface area contributed by atoms with Crippen LogP contribution in [-0.2, 0) is 4.74 Å². The van der Waals surface area contributed by atoms with Crippen LogP contribution in [0.2, 0.25) is 0 Å². The van der Waals surface area contributed by atoms with Crippen LogP contribution in [0.4, 0.5) is 14.5 Å². The van der Waals surface area contributed by atoms with Gasteiger partial charge in [0.1, 0.15) is 11.6 Å². The first-order valence-corrected chi connectivity index (χ1v) is 5.35. The van der Waals surface area contributed by atoms with E-state index < -0.39 is 28.8 Å². The number of aliphatic hydroxyl groups is 1. The van der Waals surface area contributed by atoms with Crippen LogP contribution in [0.5, 0.6) is 0 Å². The van der Waals surface area contributed by atoms with E-state index in [1.54, 1.807) is 13.8 Å². The third-order valence-corrected chi connectivity index (χ3v) is 2.25. The predicted molar refractivity (Wildman–Crippen MR) is 62.0 cm³/mol. The van der Waals surface area contributed by atoms with Gasteiger partial charge in [0.25, 0.3) is 0 Å². The first kappa shape index (κ1) is 14.4. The fourth-order valence-electron chi connectivity index (χ4n) is 1.19. The molecule has 0 aliphatic heterocycles. The lowest BCUT2D eigenvalue weighted by Crippen LogP contribution is -2.22. The number of halogens is 2. The van der Waals surface area contributed by atoms with E-state index in [0.717, 1.165) is 6.07 Å². The summed E-state index contributed by atoms with van der Waals surface area (Å²) in [4.78, 5) is 11.5. The predicted octanol–water partition coefficient (Wildman–Crippen LogP) is 1.86. The molecule has 0 unspecified atom stereocenters. The Labute approximate surface area is 103 Å². The summed E-state index contributed by atoms with van der Waals surface area (Å²) in [7, 11) is 0. The molecule has 0 radical (unpaired) electrons. The Morgan fingerprint density at radius 3 is 2.56 bits per heavy atom. The number of nitrogen functional groups attached to an aromatic ring is 1. The maximum Gasteiger partial charge on any atom is 0.341 e. The summed E-state index contributed by atoms with van der Waals surface area (Å²) in [5, 5.41) is 9.39. The Balaban J connectivity index is 2.70. The summed E-state index contributed by atoms with van der Waals surface area (Å²) in [6.07, 6.45) is 0.192. The van der Waals surface area contributed by atoms with Crippen LogP contribution < -0.4 is 5.73 Å². The largest absolute Gasteiger partial charge is 0.462 e. The van der Waals surface area contributed by atoms with E-state index in [1.165, 1.54) is 0 Å². The molecule has 0 spiro atoms. The summed E-state index contributed by atoms with van der Waals surface area (Å²) in [5.74, 6) is -2.82.